The van der Waals surface area contributed by atoms with Crippen molar-refractivity contribution in [1.29, 1.82) is 0 Å². The molecule has 200 valence electrons. The van der Waals surface area contributed by atoms with E-state index in [4.69, 9.17) is 27.9 Å². The number of benzene rings is 2. The van der Waals surface area contributed by atoms with Crippen molar-refractivity contribution >= 4 is 50.7 Å². The lowest BCUT2D eigenvalue weighted by atomic mass is 9.75. The number of morpholine rings is 1. The van der Waals surface area contributed by atoms with Crippen LogP contribution < -0.4 is 0 Å². The summed E-state index contributed by atoms with van der Waals surface area (Å²) in [7, 11) is -2.44. The molecule has 1 aliphatic heterocycles. The lowest BCUT2D eigenvalue weighted by Gasteiger charge is -2.51. The van der Waals surface area contributed by atoms with Crippen molar-refractivity contribution in [3.8, 4) is 0 Å². The molecule has 1 saturated heterocycles. The van der Waals surface area contributed by atoms with E-state index in [9.17, 15) is 23.1 Å². The van der Waals surface area contributed by atoms with Gasteiger partial charge in [-0.15, -0.1) is 0 Å². The second-order valence-corrected chi connectivity index (χ2v) is 12.1. The molecule has 37 heavy (non-hydrogen) atoms. The van der Waals surface area contributed by atoms with E-state index in [2.05, 4.69) is 0 Å². The lowest BCUT2D eigenvalue weighted by Crippen LogP contribution is -2.58. The largest absolute Gasteiger partial charge is 0.481 e. The number of hydrogen-bond acceptors (Lipinski definition) is 5. The molecule has 0 aliphatic carbocycles. The quantitative estimate of drug-likeness (QED) is 0.416. The van der Waals surface area contributed by atoms with Gasteiger partial charge in [0.05, 0.1) is 12.5 Å². The van der Waals surface area contributed by atoms with Gasteiger partial charge in [0.2, 0.25) is 10.3 Å². The van der Waals surface area contributed by atoms with Crippen molar-refractivity contribution in [2.24, 2.45) is 11.3 Å². The van der Waals surface area contributed by atoms with Crippen LogP contribution in [0.3, 0.4) is 0 Å². The van der Waals surface area contributed by atoms with Crippen LogP contribution in [0.25, 0.3) is 0 Å². The van der Waals surface area contributed by atoms with Crippen LogP contribution in [0.1, 0.15) is 63.8 Å². The molecule has 1 amide bonds. The van der Waals surface area contributed by atoms with Crippen LogP contribution in [0.2, 0.25) is 10.0 Å². The number of halogens is 2. The van der Waals surface area contributed by atoms with Crippen molar-refractivity contribution in [3.05, 3.63) is 69.7 Å². The van der Waals surface area contributed by atoms with Crippen LogP contribution in [0.5, 0.6) is 0 Å². The predicted molar refractivity (Wildman–Crippen MR) is 144 cm³/mol. The Morgan fingerprint density at radius 2 is 1.76 bits per heavy atom. The fourth-order valence-corrected chi connectivity index (χ4v) is 5.35. The summed E-state index contributed by atoms with van der Waals surface area (Å²) in [4.78, 5) is 27.3. The first-order valence-electron chi connectivity index (χ1n) is 11.9. The van der Waals surface area contributed by atoms with Crippen LogP contribution in [0.15, 0.2) is 48.5 Å². The zero-order valence-corrected chi connectivity index (χ0v) is 23.4. The minimum atomic E-state index is -2.44. The average molecular weight is 569 g/mol. The van der Waals surface area contributed by atoms with E-state index in [1.807, 2.05) is 33.8 Å². The van der Waals surface area contributed by atoms with E-state index in [1.54, 1.807) is 47.4 Å². The Balaban J connectivity index is 2.29. The standard InChI is InChI=1S/C27H31Cl2NO6S/c1-16(27(2,3)4)21(12-13-37(34)35)30-24(17-8-10-19(28)11-9-17)25(18-6-5-7-20(29)14-18)36-22(26(30)33)15-23(31)32/h5-11,13-14,16,21-22,24-25H,12,15H2,1-4H3,(H,31,32)/t16-,21-,22+,24+,25+/m0/s1. The summed E-state index contributed by atoms with van der Waals surface area (Å²) in [6, 6.07) is 12.7. The van der Waals surface area contributed by atoms with E-state index in [1.165, 1.54) is 0 Å². The Kier molecular flexibility index (Phi) is 9.45. The number of hydrogen-bond donors (Lipinski definition) is 1. The highest BCUT2D eigenvalue weighted by Gasteiger charge is 2.49. The van der Waals surface area contributed by atoms with E-state index in [-0.39, 0.29) is 17.8 Å². The molecular formula is C27H31Cl2NO6S. The molecule has 1 aliphatic rings. The number of amides is 1. The molecule has 7 nitrogen and oxygen atoms in total. The number of aliphatic carboxylic acids is 1. The number of carbonyl (C=O) groups is 2. The molecule has 5 atom stereocenters. The highest BCUT2D eigenvalue weighted by Crippen LogP contribution is 2.47. The van der Waals surface area contributed by atoms with E-state index in [0.717, 1.165) is 5.37 Å². The average Bonchev–Trinajstić information content (AvgIpc) is 2.80. The Morgan fingerprint density at radius 3 is 2.30 bits per heavy atom. The summed E-state index contributed by atoms with van der Waals surface area (Å²) in [5, 5.41) is 11.7. The molecule has 0 radical (unpaired) electrons. The number of carboxylic acids is 1. The van der Waals surface area contributed by atoms with Gasteiger partial charge in [-0.25, -0.2) is 0 Å². The van der Waals surface area contributed by atoms with E-state index >= 15 is 0 Å². The fourth-order valence-electron chi connectivity index (χ4n) is 4.68. The molecule has 1 fully saturated rings. The number of carboxylic acid groups (broad SMARTS) is 1. The minimum absolute atomic E-state index is 0.0619. The normalized spacial score (nSPS) is 21.8. The van der Waals surface area contributed by atoms with Crippen molar-refractivity contribution in [3.63, 3.8) is 0 Å². The van der Waals surface area contributed by atoms with Gasteiger partial charge in [0, 0.05) is 27.9 Å². The van der Waals surface area contributed by atoms with Gasteiger partial charge in [-0.1, -0.05) is 75.2 Å². The van der Waals surface area contributed by atoms with Gasteiger partial charge in [0.25, 0.3) is 5.91 Å². The van der Waals surface area contributed by atoms with Gasteiger partial charge >= 0.3 is 5.97 Å². The molecule has 0 aromatic heterocycles. The summed E-state index contributed by atoms with van der Waals surface area (Å²) < 4.78 is 29.4. The molecule has 2 aromatic carbocycles. The molecular weight excluding hydrogens is 537 g/mol. The van der Waals surface area contributed by atoms with Gasteiger partial charge in [-0.3, -0.25) is 9.59 Å². The SMILES string of the molecule is C[C@@H]([C@H](CC=S(=O)=O)N1C(=O)[C@@H](CC(=O)O)O[C@H](c2cccc(Cl)c2)[C@H]1c1ccc(Cl)cc1)C(C)(C)C. The number of ether oxygens (including phenoxy) is 1. The molecule has 10 heteroatoms. The Hall–Kier alpha value is -2.39. The van der Waals surface area contributed by atoms with Crippen molar-refractivity contribution in [2.75, 3.05) is 0 Å². The third kappa shape index (κ3) is 7.13. The van der Waals surface area contributed by atoms with Crippen LogP contribution >= 0.6 is 23.2 Å². The summed E-state index contributed by atoms with van der Waals surface area (Å²) in [5.74, 6) is -1.86. The molecule has 0 unspecified atom stereocenters. The fraction of sp³-hybridized carbons (Fsp3) is 0.444. The smallest absolute Gasteiger partial charge is 0.306 e. The molecule has 0 bridgehead atoms. The van der Waals surface area contributed by atoms with Gasteiger partial charge in [-0.05, 0) is 46.7 Å². The highest BCUT2D eigenvalue weighted by atomic mass is 35.5. The van der Waals surface area contributed by atoms with E-state index in [0.29, 0.717) is 21.2 Å². The molecule has 1 heterocycles. The van der Waals surface area contributed by atoms with Crippen molar-refractivity contribution in [2.45, 2.75) is 64.8 Å². The summed E-state index contributed by atoms with van der Waals surface area (Å²) in [6.07, 6.45) is -2.51. The zero-order valence-electron chi connectivity index (χ0n) is 21.1. The maximum absolute atomic E-state index is 14.0. The third-order valence-electron chi connectivity index (χ3n) is 6.95. The van der Waals surface area contributed by atoms with Crippen LogP contribution in [-0.4, -0.2) is 47.8 Å². The summed E-state index contributed by atoms with van der Waals surface area (Å²) in [5.41, 5.74) is 1.07. The topological polar surface area (TPSA) is 101 Å². The second-order valence-electron chi connectivity index (χ2n) is 10.3. The van der Waals surface area contributed by atoms with Gasteiger partial charge in [-0.2, -0.15) is 8.42 Å². The second kappa shape index (κ2) is 12.0. The summed E-state index contributed by atoms with van der Waals surface area (Å²) in [6.45, 7) is 8.02. The highest BCUT2D eigenvalue weighted by molar-refractivity contribution is 7.71. The van der Waals surface area contributed by atoms with Crippen LogP contribution in [-0.2, 0) is 24.6 Å². The minimum Gasteiger partial charge on any atom is -0.481 e. The van der Waals surface area contributed by atoms with Gasteiger partial charge < -0.3 is 14.7 Å². The third-order valence-corrected chi connectivity index (χ3v) is 7.90. The monoisotopic (exact) mass is 567 g/mol. The molecule has 0 spiro atoms. The predicted octanol–water partition coefficient (Wildman–Crippen LogP) is 5.60. The van der Waals surface area contributed by atoms with Crippen LogP contribution in [0, 0.1) is 11.3 Å². The lowest BCUT2D eigenvalue weighted by molar-refractivity contribution is -0.186. The molecule has 2 aromatic rings. The number of rotatable bonds is 8. The first-order valence-corrected chi connectivity index (χ1v) is 13.8. The number of carbonyl (C=O) groups excluding carboxylic acids is 1. The maximum atomic E-state index is 14.0. The maximum Gasteiger partial charge on any atom is 0.306 e. The van der Waals surface area contributed by atoms with Crippen molar-refractivity contribution < 1.29 is 27.9 Å². The first kappa shape index (κ1) is 29.2. The molecule has 3 rings (SSSR count). The Bertz CT molecular complexity index is 1260. The zero-order chi connectivity index (χ0) is 27.5. The molecule has 1 N–H and O–H groups in total. The van der Waals surface area contributed by atoms with E-state index < -0.39 is 52.9 Å². The van der Waals surface area contributed by atoms with Gasteiger partial charge in [0.1, 0.15) is 12.2 Å². The summed E-state index contributed by atoms with van der Waals surface area (Å²) >= 11 is 12.5. The Labute approximate surface area is 228 Å². The first-order chi connectivity index (χ1) is 17.3. The van der Waals surface area contributed by atoms with Gasteiger partial charge in [0.15, 0.2) is 0 Å². The van der Waals surface area contributed by atoms with Crippen molar-refractivity contribution in [1.82, 2.24) is 4.90 Å². The Morgan fingerprint density at radius 1 is 1.11 bits per heavy atom. The van der Waals surface area contributed by atoms with Crippen LogP contribution in [0.4, 0.5) is 0 Å². The molecule has 0 saturated carbocycles. The number of nitrogens with zero attached hydrogens (tertiary/aromatic N) is 1.